The summed E-state index contributed by atoms with van der Waals surface area (Å²) in [6.07, 6.45) is -7.35. The first-order valence-corrected chi connectivity index (χ1v) is 9.50. The van der Waals surface area contributed by atoms with Crippen LogP contribution in [0.3, 0.4) is 0 Å². The maximum atomic E-state index is 13.2. The molecule has 32 heavy (non-hydrogen) atoms. The third-order valence-electron chi connectivity index (χ3n) is 5.20. The smallest absolute Gasteiger partial charge is 0.239 e. The molecule has 11 heteroatoms. The topological polar surface area (TPSA) is 190 Å². The predicted octanol–water partition coefficient (Wildman–Crippen LogP) is 0.489. The third-order valence-corrected chi connectivity index (χ3v) is 5.20. The van der Waals surface area contributed by atoms with Crippen molar-refractivity contribution in [3.8, 4) is 40.1 Å². The first-order valence-electron chi connectivity index (χ1n) is 9.50. The number of aromatic hydroxyl groups is 4. The van der Waals surface area contributed by atoms with Crippen molar-refractivity contribution in [2.24, 2.45) is 0 Å². The Morgan fingerprint density at radius 2 is 1.59 bits per heavy atom. The van der Waals surface area contributed by atoms with Crippen LogP contribution in [-0.2, 0) is 4.74 Å². The Hall–Kier alpha value is -3.51. The summed E-state index contributed by atoms with van der Waals surface area (Å²) in [6.45, 7) is 1.42. The van der Waals surface area contributed by atoms with Gasteiger partial charge in [-0.1, -0.05) is 0 Å². The number of hydrogen-bond acceptors (Lipinski definition) is 11. The number of ether oxygens (including phenoxy) is 2. The molecule has 4 rings (SSSR count). The van der Waals surface area contributed by atoms with E-state index < -0.39 is 59.1 Å². The Kier molecular flexibility index (Phi) is 5.34. The van der Waals surface area contributed by atoms with Gasteiger partial charge in [0.05, 0.1) is 6.10 Å². The van der Waals surface area contributed by atoms with Gasteiger partial charge in [-0.15, -0.1) is 0 Å². The molecule has 1 aliphatic heterocycles. The number of hydrogen-bond donors (Lipinski definition) is 7. The minimum Gasteiger partial charge on any atom is -0.508 e. The van der Waals surface area contributed by atoms with E-state index in [-0.39, 0.29) is 28.0 Å². The lowest BCUT2D eigenvalue weighted by molar-refractivity contribution is -0.268. The van der Waals surface area contributed by atoms with E-state index in [0.29, 0.717) is 0 Å². The molecule has 0 spiro atoms. The van der Waals surface area contributed by atoms with E-state index in [4.69, 9.17) is 13.9 Å². The van der Waals surface area contributed by atoms with Gasteiger partial charge < -0.3 is 49.6 Å². The fourth-order valence-corrected chi connectivity index (χ4v) is 3.46. The van der Waals surface area contributed by atoms with Crippen LogP contribution in [0.25, 0.3) is 22.3 Å². The van der Waals surface area contributed by atoms with Crippen molar-refractivity contribution in [3.05, 3.63) is 40.6 Å². The van der Waals surface area contributed by atoms with Gasteiger partial charge in [0.15, 0.2) is 17.3 Å². The van der Waals surface area contributed by atoms with Crippen molar-refractivity contribution < 1.29 is 49.6 Å². The van der Waals surface area contributed by atoms with Gasteiger partial charge in [0, 0.05) is 17.7 Å². The SMILES string of the molecule is C[C@H]1O[C@@H](Oc2c(-c3ccc(O)c(O)c3)oc3cc(O)cc(O)c3c2=O)[C@@H](O)[C@@H](O)[C@@H]1O. The molecule has 1 aromatic heterocycles. The zero-order valence-electron chi connectivity index (χ0n) is 16.5. The second-order valence-electron chi connectivity index (χ2n) is 7.43. The molecule has 7 N–H and O–H groups in total. The van der Waals surface area contributed by atoms with Crippen LogP contribution in [0.4, 0.5) is 0 Å². The van der Waals surface area contributed by atoms with Gasteiger partial charge in [-0.25, -0.2) is 0 Å². The van der Waals surface area contributed by atoms with Crippen LogP contribution in [0.1, 0.15) is 6.92 Å². The van der Waals surface area contributed by atoms with Crippen molar-refractivity contribution in [2.75, 3.05) is 0 Å². The average Bonchev–Trinajstić information content (AvgIpc) is 2.73. The molecule has 2 heterocycles. The molecule has 2 aromatic carbocycles. The van der Waals surface area contributed by atoms with E-state index in [2.05, 4.69) is 0 Å². The van der Waals surface area contributed by atoms with Crippen molar-refractivity contribution >= 4 is 11.0 Å². The van der Waals surface area contributed by atoms with Crippen LogP contribution < -0.4 is 10.2 Å². The number of phenolic OH excluding ortho intramolecular Hbond substituents is 4. The normalized spacial score (nSPS) is 25.7. The van der Waals surface area contributed by atoms with Crippen LogP contribution in [0.15, 0.2) is 39.5 Å². The van der Waals surface area contributed by atoms with E-state index in [1.165, 1.54) is 13.0 Å². The molecule has 0 radical (unpaired) electrons. The standard InChI is InChI=1S/C21H20O11/c1-7-15(26)17(28)18(29)21(30-7)32-20-16(27)14-12(25)5-9(22)6-13(14)31-19(20)8-2-3-10(23)11(24)4-8/h2-7,15,17-18,21-26,28-29H,1H3/t7-,15-,17+,18+,21+/m1/s1. The second kappa shape index (κ2) is 7.88. The fraction of sp³-hybridized carbons (Fsp3) is 0.286. The van der Waals surface area contributed by atoms with Crippen LogP contribution in [-0.4, -0.2) is 66.5 Å². The summed E-state index contributed by atoms with van der Waals surface area (Å²) in [5, 5.41) is 69.2. The summed E-state index contributed by atoms with van der Waals surface area (Å²) >= 11 is 0. The van der Waals surface area contributed by atoms with Gasteiger partial charge in [0.25, 0.3) is 0 Å². The highest BCUT2D eigenvalue weighted by molar-refractivity contribution is 5.88. The molecular formula is C21H20O11. The summed E-state index contributed by atoms with van der Waals surface area (Å²) < 4.78 is 16.6. The first kappa shape index (κ1) is 21.7. The quantitative estimate of drug-likeness (QED) is 0.276. The second-order valence-corrected chi connectivity index (χ2v) is 7.43. The Morgan fingerprint density at radius 3 is 2.28 bits per heavy atom. The summed E-state index contributed by atoms with van der Waals surface area (Å²) in [6, 6.07) is 5.51. The monoisotopic (exact) mass is 448 g/mol. The number of benzene rings is 2. The third kappa shape index (κ3) is 3.56. The number of rotatable bonds is 3. The Balaban J connectivity index is 1.92. The van der Waals surface area contributed by atoms with E-state index >= 15 is 0 Å². The summed E-state index contributed by atoms with van der Waals surface area (Å²) in [5.74, 6) is -2.80. The van der Waals surface area contributed by atoms with Gasteiger partial charge in [0.2, 0.25) is 17.5 Å². The first-order chi connectivity index (χ1) is 15.1. The zero-order chi connectivity index (χ0) is 23.3. The maximum Gasteiger partial charge on any atom is 0.239 e. The molecule has 5 atom stereocenters. The average molecular weight is 448 g/mol. The number of aliphatic hydroxyl groups excluding tert-OH is 3. The fourth-order valence-electron chi connectivity index (χ4n) is 3.46. The lowest BCUT2D eigenvalue weighted by Crippen LogP contribution is -2.58. The number of phenols is 4. The molecule has 0 aliphatic carbocycles. The van der Waals surface area contributed by atoms with Crippen LogP contribution in [0.2, 0.25) is 0 Å². The van der Waals surface area contributed by atoms with Gasteiger partial charge >= 0.3 is 0 Å². The van der Waals surface area contributed by atoms with E-state index in [1.807, 2.05) is 0 Å². The molecule has 1 aliphatic rings. The molecule has 0 saturated carbocycles. The minimum atomic E-state index is -1.74. The molecule has 11 nitrogen and oxygen atoms in total. The molecule has 1 saturated heterocycles. The summed E-state index contributed by atoms with van der Waals surface area (Å²) in [7, 11) is 0. The van der Waals surface area contributed by atoms with E-state index in [1.54, 1.807) is 0 Å². The zero-order valence-corrected chi connectivity index (χ0v) is 16.5. The van der Waals surface area contributed by atoms with Gasteiger partial charge in [-0.05, 0) is 25.1 Å². The summed E-state index contributed by atoms with van der Waals surface area (Å²) in [5.41, 5.74) is -1.05. The minimum absolute atomic E-state index is 0.0658. The van der Waals surface area contributed by atoms with Gasteiger partial charge in [-0.2, -0.15) is 0 Å². The van der Waals surface area contributed by atoms with Gasteiger partial charge in [0.1, 0.15) is 40.8 Å². The lowest BCUT2D eigenvalue weighted by Gasteiger charge is -2.38. The van der Waals surface area contributed by atoms with Gasteiger partial charge in [-0.3, -0.25) is 4.79 Å². The molecule has 0 bridgehead atoms. The van der Waals surface area contributed by atoms with Crippen LogP contribution >= 0.6 is 0 Å². The highest BCUT2D eigenvalue weighted by atomic mass is 16.7. The summed E-state index contributed by atoms with van der Waals surface area (Å²) in [4.78, 5) is 13.2. The van der Waals surface area contributed by atoms with Crippen molar-refractivity contribution in [1.29, 1.82) is 0 Å². The molecular weight excluding hydrogens is 428 g/mol. The van der Waals surface area contributed by atoms with E-state index in [0.717, 1.165) is 24.3 Å². The molecule has 3 aromatic rings. The molecule has 0 amide bonds. The maximum absolute atomic E-state index is 13.2. The van der Waals surface area contributed by atoms with Crippen LogP contribution in [0, 0.1) is 0 Å². The largest absolute Gasteiger partial charge is 0.508 e. The highest BCUT2D eigenvalue weighted by Gasteiger charge is 2.44. The van der Waals surface area contributed by atoms with Crippen LogP contribution in [0.5, 0.6) is 28.7 Å². The predicted molar refractivity (Wildman–Crippen MR) is 108 cm³/mol. The number of aliphatic hydroxyl groups is 3. The molecule has 170 valence electrons. The highest BCUT2D eigenvalue weighted by Crippen LogP contribution is 2.39. The lowest BCUT2D eigenvalue weighted by atomic mass is 10.00. The molecule has 0 unspecified atom stereocenters. The van der Waals surface area contributed by atoms with Crippen molar-refractivity contribution in [2.45, 2.75) is 37.6 Å². The Morgan fingerprint density at radius 1 is 0.875 bits per heavy atom. The molecule has 1 fully saturated rings. The van der Waals surface area contributed by atoms with Crippen molar-refractivity contribution in [3.63, 3.8) is 0 Å². The van der Waals surface area contributed by atoms with Crippen molar-refractivity contribution in [1.82, 2.24) is 0 Å². The number of fused-ring (bicyclic) bond motifs is 1. The van der Waals surface area contributed by atoms with E-state index in [9.17, 15) is 40.5 Å². The Labute approximate surface area is 179 Å². The Bertz CT molecular complexity index is 1230.